The second-order valence-electron chi connectivity index (χ2n) is 8.45. The number of aromatic nitrogens is 2. The summed E-state index contributed by atoms with van der Waals surface area (Å²) in [7, 11) is 3.60. The average molecular weight is 440 g/mol. The van der Waals surface area contributed by atoms with E-state index in [-0.39, 0.29) is 17.9 Å². The summed E-state index contributed by atoms with van der Waals surface area (Å²) in [5.41, 5.74) is 1.43. The van der Waals surface area contributed by atoms with Gasteiger partial charge in [-0.05, 0) is 37.3 Å². The molecule has 1 heterocycles. The second-order valence-corrected chi connectivity index (χ2v) is 8.45. The molecule has 32 heavy (non-hydrogen) atoms. The molecule has 1 aliphatic carbocycles. The number of carbonyl (C=O) groups excluding carboxylic acids is 1. The van der Waals surface area contributed by atoms with E-state index < -0.39 is 11.6 Å². The maximum absolute atomic E-state index is 13.8. The van der Waals surface area contributed by atoms with E-state index in [9.17, 15) is 13.6 Å². The number of nitrogens with one attached hydrogen (secondary N) is 2. The Hall–Kier alpha value is -3.29. The van der Waals surface area contributed by atoms with E-state index in [0.717, 1.165) is 43.4 Å². The van der Waals surface area contributed by atoms with Gasteiger partial charge < -0.3 is 15.5 Å². The Labute approximate surface area is 186 Å². The predicted octanol–water partition coefficient (Wildman–Crippen LogP) is 4.26. The van der Waals surface area contributed by atoms with E-state index in [1.807, 2.05) is 30.3 Å². The maximum Gasteiger partial charge on any atom is 0.225 e. The highest BCUT2D eigenvalue weighted by atomic mass is 19.2. The van der Waals surface area contributed by atoms with Gasteiger partial charge in [0.1, 0.15) is 5.82 Å². The monoisotopic (exact) mass is 439 g/mol. The van der Waals surface area contributed by atoms with Gasteiger partial charge in [-0.3, -0.25) is 4.79 Å². The third kappa shape index (κ3) is 4.95. The van der Waals surface area contributed by atoms with Crippen LogP contribution < -0.4 is 15.5 Å². The molecule has 2 aromatic carbocycles. The Morgan fingerprint density at radius 2 is 1.72 bits per heavy atom. The number of hydrogen-bond acceptors (Lipinski definition) is 5. The summed E-state index contributed by atoms with van der Waals surface area (Å²) in [6.45, 7) is 0.535. The second kappa shape index (κ2) is 9.46. The number of nitrogens with zero attached hydrogens (tertiary/aromatic N) is 3. The lowest BCUT2D eigenvalue weighted by Gasteiger charge is -2.28. The molecule has 0 aliphatic heterocycles. The number of carbonyl (C=O) groups is 1. The van der Waals surface area contributed by atoms with Gasteiger partial charge in [0.25, 0.3) is 0 Å². The fourth-order valence-electron chi connectivity index (χ4n) is 4.12. The normalized spacial score (nSPS) is 18.4. The zero-order valence-corrected chi connectivity index (χ0v) is 18.2. The molecular formula is C24H27F2N5O. The Morgan fingerprint density at radius 3 is 2.41 bits per heavy atom. The summed E-state index contributed by atoms with van der Waals surface area (Å²) in [4.78, 5) is 23.2. The first-order valence-electron chi connectivity index (χ1n) is 10.8. The van der Waals surface area contributed by atoms with Crippen molar-refractivity contribution in [3.05, 3.63) is 59.7 Å². The molecule has 0 unspecified atom stereocenters. The largest absolute Gasteiger partial charge is 0.362 e. The van der Waals surface area contributed by atoms with Crippen LogP contribution in [-0.4, -0.2) is 36.0 Å². The maximum atomic E-state index is 13.8. The summed E-state index contributed by atoms with van der Waals surface area (Å²) >= 11 is 0. The third-order valence-electron chi connectivity index (χ3n) is 5.88. The molecule has 0 atom stereocenters. The van der Waals surface area contributed by atoms with Gasteiger partial charge in [0.15, 0.2) is 11.6 Å². The van der Waals surface area contributed by atoms with Crippen molar-refractivity contribution in [3.8, 4) is 0 Å². The molecule has 1 aromatic heterocycles. The van der Waals surface area contributed by atoms with Crippen molar-refractivity contribution < 1.29 is 13.6 Å². The first-order chi connectivity index (χ1) is 15.4. The Kier molecular flexibility index (Phi) is 6.48. The van der Waals surface area contributed by atoms with Gasteiger partial charge in [-0.2, -0.15) is 4.98 Å². The lowest BCUT2D eigenvalue weighted by Crippen LogP contribution is -2.35. The number of rotatable bonds is 6. The van der Waals surface area contributed by atoms with E-state index in [1.165, 1.54) is 0 Å². The van der Waals surface area contributed by atoms with Crippen LogP contribution in [0.25, 0.3) is 10.9 Å². The summed E-state index contributed by atoms with van der Waals surface area (Å²) in [6, 6.07) is 12.2. The van der Waals surface area contributed by atoms with Crippen LogP contribution in [0.2, 0.25) is 0 Å². The van der Waals surface area contributed by atoms with Gasteiger partial charge in [-0.1, -0.05) is 30.3 Å². The molecule has 1 amide bonds. The van der Waals surface area contributed by atoms with Gasteiger partial charge in [0.2, 0.25) is 11.9 Å². The highest BCUT2D eigenvalue weighted by Gasteiger charge is 2.27. The number of benzene rings is 2. The highest BCUT2D eigenvalue weighted by molar-refractivity contribution is 5.90. The van der Waals surface area contributed by atoms with Crippen LogP contribution in [0.5, 0.6) is 0 Å². The summed E-state index contributed by atoms with van der Waals surface area (Å²) in [6.07, 6.45) is 3.15. The fraction of sp³-hybridized carbons (Fsp3) is 0.375. The Morgan fingerprint density at radius 1 is 1.03 bits per heavy atom. The number of hydrogen-bond donors (Lipinski definition) is 2. The smallest absolute Gasteiger partial charge is 0.225 e. The third-order valence-corrected chi connectivity index (χ3v) is 5.88. The van der Waals surface area contributed by atoms with Crippen molar-refractivity contribution >= 4 is 28.6 Å². The van der Waals surface area contributed by atoms with Crippen molar-refractivity contribution in [2.24, 2.45) is 5.92 Å². The molecule has 4 rings (SSSR count). The number of halogens is 2. The van der Waals surface area contributed by atoms with Gasteiger partial charge in [-0.25, -0.2) is 13.8 Å². The standard InChI is InChI=1S/C24H27F2N5O/c1-31(2)22-18-12-19(25)20(26)13-21(18)29-24(30-22)28-17-10-8-16(9-11-17)23(32)27-14-15-6-4-3-5-7-15/h3-7,12-13,16-17H,8-11,14H2,1-2H3,(H,27,32)(H,28,29,30)/t16-,17+. The van der Waals surface area contributed by atoms with Crippen molar-refractivity contribution in [3.63, 3.8) is 0 Å². The van der Waals surface area contributed by atoms with Gasteiger partial charge in [0.05, 0.1) is 5.52 Å². The zero-order chi connectivity index (χ0) is 22.7. The van der Waals surface area contributed by atoms with Crippen molar-refractivity contribution in [2.45, 2.75) is 38.3 Å². The van der Waals surface area contributed by atoms with Crippen LogP contribution in [0.15, 0.2) is 42.5 Å². The Balaban J connectivity index is 1.38. The van der Waals surface area contributed by atoms with E-state index in [1.54, 1.807) is 19.0 Å². The fourth-order valence-corrected chi connectivity index (χ4v) is 4.12. The first-order valence-corrected chi connectivity index (χ1v) is 10.8. The Bertz CT molecular complexity index is 1100. The molecule has 168 valence electrons. The molecule has 1 saturated carbocycles. The van der Waals surface area contributed by atoms with E-state index in [2.05, 4.69) is 20.6 Å². The van der Waals surface area contributed by atoms with Gasteiger partial charge >= 0.3 is 0 Å². The quantitative estimate of drug-likeness (QED) is 0.601. The van der Waals surface area contributed by atoms with E-state index in [0.29, 0.717) is 29.2 Å². The molecule has 6 nitrogen and oxygen atoms in total. The minimum absolute atomic E-state index is 0.0105. The van der Waals surface area contributed by atoms with E-state index in [4.69, 9.17) is 0 Å². The van der Waals surface area contributed by atoms with Crippen LogP contribution >= 0.6 is 0 Å². The van der Waals surface area contributed by atoms with Crippen LogP contribution in [0, 0.1) is 17.6 Å². The molecule has 2 N–H and O–H groups in total. The zero-order valence-electron chi connectivity index (χ0n) is 18.2. The lowest BCUT2D eigenvalue weighted by molar-refractivity contribution is -0.126. The van der Waals surface area contributed by atoms with Gasteiger partial charge in [-0.15, -0.1) is 0 Å². The summed E-state index contributed by atoms with van der Waals surface area (Å²) in [5, 5.41) is 6.81. The van der Waals surface area contributed by atoms with E-state index >= 15 is 0 Å². The number of amides is 1. The SMILES string of the molecule is CN(C)c1nc(N[C@H]2CC[C@@H](C(=O)NCc3ccccc3)CC2)nc2cc(F)c(F)cc12. The van der Waals surface area contributed by atoms with Crippen molar-refractivity contribution in [1.82, 2.24) is 15.3 Å². The van der Waals surface area contributed by atoms with Crippen LogP contribution in [0.4, 0.5) is 20.5 Å². The molecule has 0 bridgehead atoms. The van der Waals surface area contributed by atoms with Crippen molar-refractivity contribution in [2.75, 3.05) is 24.3 Å². The lowest BCUT2D eigenvalue weighted by atomic mass is 9.85. The van der Waals surface area contributed by atoms with Crippen LogP contribution in [0.3, 0.4) is 0 Å². The van der Waals surface area contributed by atoms with Crippen molar-refractivity contribution in [1.29, 1.82) is 0 Å². The highest BCUT2D eigenvalue weighted by Crippen LogP contribution is 2.29. The summed E-state index contributed by atoms with van der Waals surface area (Å²) in [5.74, 6) is -0.887. The number of anilines is 2. The minimum Gasteiger partial charge on any atom is -0.362 e. The van der Waals surface area contributed by atoms with Crippen LogP contribution in [0.1, 0.15) is 31.2 Å². The molecule has 0 saturated heterocycles. The molecule has 1 aliphatic rings. The summed E-state index contributed by atoms with van der Waals surface area (Å²) < 4.78 is 27.5. The molecule has 3 aromatic rings. The molecule has 0 radical (unpaired) electrons. The minimum atomic E-state index is -0.936. The molecule has 1 fully saturated rings. The first kappa shape index (κ1) is 21.9. The molecular weight excluding hydrogens is 412 g/mol. The molecule has 0 spiro atoms. The predicted molar refractivity (Wildman–Crippen MR) is 121 cm³/mol. The van der Waals surface area contributed by atoms with Crippen LogP contribution in [-0.2, 0) is 11.3 Å². The average Bonchev–Trinajstić information content (AvgIpc) is 2.79. The van der Waals surface area contributed by atoms with Gasteiger partial charge in [0, 0.05) is 44.1 Å². The molecule has 8 heteroatoms. The number of fused-ring (bicyclic) bond motifs is 1. The topological polar surface area (TPSA) is 70.2 Å².